The van der Waals surface area contributed by atoms with Crippen LogP contribution in [0.25, 0.3) is 11.2 Å². The van der Waals surface area contributed by atoms with E-state index in [1.807, 2.05) is 19.1 Å². The number of halogens is 7. The van der Waals surface area contributed by atoms with E-state index in [2.05, 4.69) is 43.5 Å². The molecule has 1 aliphatic heterocycles. The van der Waals surface area contributed by atoms with Crippen LogP contribution in [0.4, 0.5) is 43.8 Å². The minimum atomic E-state index is -4.38. The molecule has 1 aliphatic carbocycles. The van der Waals surface area contributed by atoms with Crippen molar-refractivity contribution in [2.75, 3.05) is 23.3 Å². The molecule has 0 radical (unpaired) electrons. The monoisotopic (exact) mass is 864 g/mol. The summed E-state index contributed by atoms with van der Waals surface area (Å²) >= 11 is 2.14. The van der Waals surface area contributed by atoms with E-state index in [1.165, 1.54) is 10.6 Å². The summed E-state index contributed by atoms with van der Waals surface area (Å²) in [4.78, 5) is 49.7. The second kappa shape index (κ2) is 15.5. The summed E-state index contributed by atoms with van der Waals surface area (Å²) < 4.78 is 82.7. The van der Waals surface area contributed by atoms with Crippen LogP contribution in [0.3, 0.4) is 0 Å². The van der Waals surface area contributed by atoms with Crippen molar-refractivity contribution in [3.63, 3.8) is 0 Å². The summed E-state index contributed by atoms with van der Waals surface area (Å²) in [6.07, 6.45) is -9.24. The highest BCUT2D eigenvalue weighted by atomic mass is 127. The van der Waals surface area contributed by atoms with Gasteiger partial charge in [0.2, 0.25) is 17.8 Å². The summed E-state index contributed by atoms with van der Waals surface area (Å²) in [7, 11) is 0. The first-order valence-corrected chi connectivity index (χ1v) is 18.4. The van der Waals surface area contributed by atoms with Gasteiger partial charge in [-0.2, -0.15) is 26.3 Å². The number of fused-ring (bicyclic) bond motifs is 1. The molecule has 1 saturated heterocycles. The normalized spacial score (nSPS) is 19.0. The number of piperidine rings is 1. The minimum absolute atomic E-state index is 0.00136. The van der Waals surface area contributed by atoms with E-state index >= 15 is 0 Å². The molecule has 5 N–H and O–H groups in total. The first kappa shape index (κ1) is 40.3. The Kier molecular flexibility index (Phi) is 11.8. The molecule has 3 heterocycles. The number of primary amides is 1. The maximum Gasteiger partial charge on any atom is 0.391 e. The third kappa shape index (κ3) is 9.46. The molecule has 0 atom stereocenters. The zero-order chi connectivity index (χ0) is 39.0. The number of pyridine rings is 1. The number of hydrogen-bond donors (Lipinski definition) is 4. The van der Waals surface area contributed by atoms with Gasteiger partial charge in [0.25, 0.3) is 5.91 Å². The lowest BCUT2D eigenvalue weighted by atomic mass is 9.85. The molecule has 2 aromatic heterocycles. The molecule has 3 aromatic rings. The first-order valence-electron chi connectivity index (χ1n) is 17.4. The molecule has 2 fully saturated rings. The van der Waals surface area contributed by atoms with Crippen molar-refractivity contribution < 1.29 is 40.7 Å². The van der Waals surface area contributed by atoms with Crippen molar-refractivity contribution in [1.29, 1.82) is 0 Å². The van der Waals surface area contributed by atoms with Crippen LogP contribution in [0.2, 0.25) is 0 Å². The van der Waals surface area contributed by atoms with Crippen molar-refractivity contribution in [2.45, 2.75) is 97.7 Å². The Morgan fingerprint density at radius 2 is 1.53 bits per heavy atom. The fraction of sp³-hybridized carbons (Fsp3) is 0.571. The predicted octanol–water partition coefficient (Wildman–Crippen LogP) is 6.87. The number of benzene rings is 1. The van der Waals surface area contributed by atoms with E-state index in [9.17, 15) is 40.7 Å². The van der Waals surface area contributed by atoms with Gasteiger partial charge in [-0.15, -0.1) is 0 Å². The zero-order valence-corrected chi connectivity index (χ0v) is 31.9. The molecule has 0 unspecified atom stereocenters. The standard InChI is InChI=1S/C35H43F6IN8O3/c1-18-5-6-19(16-44-31(53)33(2,3)4)26(42)27(18)47-32-46-24-15-23(30(52)45-22-9-7-20(8-10-22)34(36,37)38)28(48-29(24)50(32)17-25(43)51)49-13-11-21(12-14-49)35(39,40)41/h5-6,15,20-22H,7-14,16-17H2,1-4H3,(H2,43,51)(H,44,53)(H,45,52)(H,46,47). The number of carbonyl (C=O) groups is 3. The van der Waals surface area contributed by atoms with E-state index in [-0.39, 0.29) is 99.1 Å². The molecule has 0 bridgehead atoms. The van der Waals surface area contributed by atoms with Gasteiger partial charge in [-0.1, -0.05) is 32.9 Å². The summed E-state index contributed by atoms with van der Waals surface area (Å²) in [5.41, 5.74) is 7.59. The molecule has 1 saturated carbocycles. The molecular weight excluding hydrogens is 821 g/mol. The van der Waals surface area contributed by atoms with Gasteiger partial charge >= 0.3 is 12.4 Å². The average Bonchev–Trinajstić information content (AvgIpc) is 3.39. The lowest BCUT2D eigenvalue weighted by molar-refractivity contribution is -0.182. The molecular formula is C35H43F6IN8O3. The largest absolute Gasteiger partial charge is 0.391 e. The van der Waals surface area contributed by atoms with Crippen molar-refractivity contribution in [3.05, 3.63) is 38.5 Å². The second-order valence-corrected chi connectivity index (χ2v) is 15.9. The van der Waals surface area contributed by atoms with Crippen LogP contribution in [0.5, 0.6) is 0 Å². The number of anilines is 3. The van der Waals surface area contributed by atoms with Crippen molar-refractivity contribution >= 4 is 68.9 Å². The fourth-order valence-corrected chi connectivity index (χ4v) is 7.58. The van der Waals surface area contributed by atoms with Crippen LogP contribution in [0.15, 0.2) is 18.2 Å². The summed E-state index contributed by atoms with van der Waals surface area (Å²) in [5, 5.41) is 9.02. The molecule has 11 nitrogen and oxygen atoms in total. The number of alkyl halides is 6. The number of nitrogens with one attached hydrogen (secondary N) is 3. The number of nitrogens with two attached hydrogens (primary N) is 1. The lowest BCUT2D eigenvalue weighted by Crippen LogP contribution is -2.42. The van der Waals surface area contributed by atoms with E-state index in [1.54, 1.807) is 25.7 Å². The molecule has 18 heteroatoms. The van der Waals surface area contributed by atoms with Gasteiger partial charge in [-0.3, -0.25) is 19.0 Å². The molecule has 0 spiro atoms. The van der Waals surface area contributed by atoms with Crippen molar-refractivity contribution in [2.24, 2.45) is 23.0 Å². The van der Waals surface area contributed by atoms with E-state index < -0.39 is 47.5 Å². The number of rotatable bonds is 9. The number of imidazole rings is 1. The number of aromatic nitrogens is 3. The van der Waals surface area contributed by atoms with Crippen LogP contribution >= 0.6 is 22.6 Å². The molecule has 2 aliphatic rings. The van der Waals surface area contributed by atoms with Gasteiger partial charge in [-0.25, -0.2) is 9.97 Å². The molecule has 290 valence electrons. The smallest absolute Gasteiger partial charge is 0.368 e. The average molecular weight is 865 g/mol. The highest BCUT2D eigenvalue weighted by Gasteiger charge is 2.43. The summed E-state index contributed by atoms with van der Waals surface area (Å²) in [6, 6.07) is 4.63. The molecule has 3 amide bonds. The fourth-order valence-electron chi connectivity index (χ4n) is 6.65. The predicted molar refractivity (Wildman–Crippen MR) is 195 cm³/mol. The number of amides is 3. The van der Waals surface area contributed by atoms with Crippen molar-refractivity contribution in [3.8, 4) is 0 Å². The Balaban J connectivity index is 1.53. The van der Waals surface area contributed by atoms with Crippen LogP contribution in [-0.4, -0.2) is 63.7 Å². The minimum Gasteiger partial charge on any atom is -0.368 e. The molecule has 53 heavy (non-hydrogen) atoms. The number of carbonyl (C=O) groups excluding carboxylic acids is 3. The Labute approximate surface area is 316 Å². The quantitative estimate of drug-likeness (QED) is 0.136. The molecule has 5 rings (SSSR count). The van der Waals surface area contributed by atoms with Gasteiger partial charge < -0.3 is 26.6 Å². The Morgan fingerprint density at radius 3 is 2.09 bits per heavy atom. The van der Waals surface area contributed by atoms with Gasteiger partial charge in [0.15, 0.2) is 5.65 Å². The first-order chi connectivity index (χ1) is 24.6. The van der Waals surface area contributed by atoms with Crippen LogP contribution in [-0.2, 0) is 22.7 Å². The van der Waals surface area contributed by atoms with Crippen LogP contribution < -0.4 is 26.6 Å². The molecule has 1 aromatic carbocycles. The third-order valence-electron chi connectivity index (χ3n) is 9.83. The van der Waals surface area contributed by atoms with Crippen LogP contribution in [0, 0.1) is 27.7 Å². The van der Waals surface area contributed by atoms with Crippen molar-refractivity contribution in [1.82, 2.24) is 25.2 Å². The number of nitrogens with zero attached hydrogens (tertiary/aromatic N) is 4. The van der Waals surface area contributed by atoms with E-state index in [0.717, 1.165) is 14.7 Å². The Morgan fingerprint density at radius 1 is 0.925 bits per heavy atom. The summed E-state index contributed by atoms with van der Waals surface area (Å²) in [6.45, 7) is 7.00. The zero-order valence-electron chi connectivity index (χ0n) is 29.8. The van der Waals surface area contributed by atoms with Crippen LogP contribution in [0.1, 0.15) is 80.8 Å². The highest BCUT2D eigenvalue weighted by Crippen LogP contribution is 2.39. The number of aryl methyl sites for hydroxylation is 1. The van der Waals surface area contributed by atoms with E-state index in [0.29, 0.717) is 5.69 Å². The SMILES string of the molecule is Cc1ccc(CNC(=O)C(C)(C)C)c(I)c1Nc1nc2cc(C(=O)NC3CCC(C(F)(F)F)CC3)c(N3CCC(C(F)(F)F)CC3)nc2n1CC(N)=O. The van der Waals surface area contributed by atoms with Gasteiger partial charge in [-0.05, 0) is 85.2 Å². The second-order valence-electron chi connectivity index (χ2n) is 14.8. The highest BCUT2D eigenvalue weighted by molar-refractivity contribution is 14.1. The Bertz CT molecular complexity index is 1860. The van der Waals surface area contributed by atoms with Gasteiger partial charge in [0, 0.05) is 34.7 Å². The maximum absolute atomic E-state index is 13.8. The third-order valence-corrected chi connectivity index (χ3v) is 11.1. The maximum atomic E-state index is 13.8. The topological polar surface area (TPSA) is 147 Å². The number of hydrogen-bond acceptors (Lipinski definition) is 7. The van der Waals surface area contributed by atoms with Gasteiger partial charge in [0.05, 0.1) is 23.1 Å². The Hall–Kier alpha value is -3.84. The van der Waals surface area contributed by atoms with E-state index in [4.69, 9.17) is 10.7 Å². The summed E-state index contributed by atoms with van der Waals surface area (Å²) in [5.74, 6) is -4.27. The lowest BCUT2D eigenvalue weighted by Gasteiger charge is -2.35. The van der Waals surface area contributed by atoms with Gasteiger partial charge in [0.1, 0.15) is 17.9 Å².